The number of amides is 1. The molecule has 1 N–H and O–H groups in total. The number of nitrogens with zero attached hydrogens (tertiary/aromatic N) is 1. The molecule has 0 heterocycles. The van der Waals surface area contributed by atoms with E-state index in [1.165, 1.54) is 4.90 Å². The lowest BCUT2D eigenvalue weighted by Gasteiger charge is -2.15. The van der Waals surface area contributed by atoms with Crippen LogP contribution in [0, 0.1) is 12.3 Å². The quantitative estimate of drug-likeness (QED) is 0.549. The van der Waals surface area contributed by atoms with Gasteiger partial charge in [-0.25, -0.2) is 4.79 Å². The summed E-state index contributed by atoms with van der Waals surface area (Å²) < 4.78 is 4.86. The minimum Gasteiger partial charge on any atom is -0.448 e. The van der Waals surface area contributed by atoms with Crippen molar-refractivity contribution in [3.63, 3.8) is 0 Å². The van der Waals surface area contributed by atoms with Crippen LogP contribution < -0.4 is 5.32 Å². The molecule has 0 bridgehead atoms. The summed E-state index contributed by atoms with van der Waals surface area (Å²) in [6.07, 6.45) is 5.14. The molecule has 0 rings (SSSR count). The normalized spacial score (nSPS) is 8.36. The number of nitrogens with one attached hydrogen (secondary N) is 1. The summed E-state index contributed by atoms with van der Waals surface area (Å²) in [6, 6.07) is 0. The second-order valence-electron chi connectivity index (χ2n) is 2.59. The van der Waals surface area contributed by atoms with E-state index in [0.717, 1.165) is 6.54 Å². The molecule has 0 saturated carbocycles. The van der Waals surface area contributed by atoms with Gasteiger partial charge >= 0.3 is 6.09 Å². The van der Waals surface area contributed by atoms with Crippen molar-refractivity contribution in [2.75, 3.05) is 33.8 Å². The number of hydrogen-bond donors (Lipinski definition) is 1. The number of halogens is 1. The van der Waals surface area contributed by atoms with Crippen LogP contribution in [0.25, 0.3) is 0 Å². The molecule has 0 spiro atoms. The van der Waals surface area contributed by atoms with Gasteiger partial charge in [0.15, 0.2) is 0 Å². The van der Waals surface area contributed by atoms with Crippen molar-refractivity contribution in [2.45, 2.75) is 6.42 Å². The molecule has 0 radical (unpaired) electrons. The summed E-state index contributed by atoms with van der Waals surface area (Å²) in [4.78, 5) is 12.6. The monoisotopic (exact) mass is 220 g/mol. The molecule has 0 saturated heterocycles. The van der Waals surface area contributed by atoms with Crippen molar-refractivity contribution < 1.29 is 9.53 Å². The first kappa shape index (κ1) is 15.5. The van der Waals surface area contributed by atoms with Gasteiger partial charge in [-0.2, -0.15) is 0 Å². The molecule has 0 fully saturated rings. The fourth-order valence-electron chi connectivity index (χ4n) is 0.678. The van der Waals surface area contributed by atoms with Crippen LogP contribution in [0.15, 0.2) is 0 Å². The highest BCUT2D eigenvalue weighted by Crippen LogP contribution is 1.90. The van der Waals surface area contributed by atoms with Crippen molar-refractivity contribution in [2.24, 2.45) is 0 Å². The van der Waals surface area contributed by atoms with Gasteiger partial charge in [-0.05, 0) is 7.05 Å². The van der Waals surface area contributed by atoms with Crippen molar-refractivity contribution in [1.82, 2.24) is 10.2 Å². The molecule has 0 aliphatic rings. The Balaban J connectivity index is 0. The Morgan fingerprint density at radius 2 is 2.29 bits per heavy atom. The molecule has 0 aromatic rings. The van der Waals surface area contributed by atoms with Crippen molar-refractivity contribution >= 4 is 18.5 Å². The van der Waals surface area contributed by atoms with Crippen LogP contribution in [0.2, 0.25) is 0 Å². The van der Waals surface area contributed by atoms with E-state index in [9.17, 15) is 4.79 Å². The summed E-state index contributed by atoms with van der Waals surface area (Å²) in [5.74, 6) is 2.40. The molecule has 0 aliphatic carbocycles. The second kappa shape index (κ2) is 10.2. The number of rotatable bonds is 5. The van der Waals surface area contributed by atoms with Crippen molar-refractivity contribution in [3.05, 3.63) is 0 Å². The molecule has 5 heteroatoms. The van der Waals surface area contributed by atoms with Gasteiger partial charge in [0, 0.05) is 26.6 Å². The van der Waals surface area contributed by atoms with Gasteiger partial charge in [-0.1, -0.05) is 0 Å². The summed E-state index contributed by atoms with van der Waals surface area (Å²) >= 11 is 0. The molecule has 82 valence electrons. The number of likely N-dealkylation sites (N-methyl/N-ethyl adjacent to an activating group) is 2. The molecular weight excluding hydrogens is 204 g/mol. The van der Waals surface area contributed by atoms with Crippen LogP contribution in [0.4, 0.5) is 4.79 Å². The maximum absolute atomic E-state index is 11.1. The predicted molar refractivity (Wildman–Crippen MR) is 58.6 cm³/mol. The molecule has 0 aromatic carbocycles. The van der Waals surface area contributed by atoms with Crippen molar-refractivity contribution in [1.29, 1.82) is 0 Å². The highest BCUT2D eigenvalue weighted by molar-refractivity contribution is 5.85. The van der Waals surface area contributed by atoms with Gasteiger partial charge in [0.05, 0.1) is 0 Å². The van der Waals surface area contributed by atoms with E-state index in [4.69, 9.17) is 11.2 Å². The van der Waals surface area contributed by atoms with Crippen LogP contribution in [0.5, 0.6) is 0 Å². The van der Waals surface area contributed by atoms with E-state index >= 15 is 0 Å². The largest absolute Gasteiger partial charge is 0.448 e. The lowest BCUT2D eigenvalue weighted by Crippen LogP contribution is -2.33. The first-order valence-electron chi connectivity index (χ1n) is 4.18. The lowest BCUT2D eigenvalue weighted by molar-refractivity contribution is 0.113. The van der Waals surface area contributed by atoms with Crippen LogP contribution in [0.3, 0.4) is 0 Å². The zero-order valence-corrected chi connectivity index (χ0v) is 9.39. The molecule has 0 aromatic heterocycles. The zero-order chi connectivity index (χ0) is 10.1. The van der Waals surface area contributed by atoms with Gasteiger partial charge < -0.3 is 15.0 Å². The summed E-state index contributed by atoms with van der Waals surface area (Å²) in [5, 5.41) is 2.94. The minimum atomic E-state index is -0.328. The number of carbonyl (C=O) groups is 1. The first-order valence-corrected chi connectivity index (χ1v) is 4.18. The van der Waals surface area contributed by atoms with E-state index in [0.29, 0.717) is 19.6 Å². The van der Waals surface area contributed by atoms with Crippen LogP contribution >= 0.6 is 12.4 Å². The van der Waals surface area contributed by atoms with Gasteiger partial charge in [0.25, 0.3) is 0 Å². The number of ether oxygens (including phenoxy) is 1. The topological polar surface area (TPSA) is 41.6 Å². The second-order valence-corrected chi connectivity index (χ2v) is 2.59. The molecule has 4 nitrogen and oxygen atoms in total. The van der Waals surface area contributed by atoms with Crippen molar-refractivity contribution in [3.8, 4) is 12.3 Å². The SMILES string of the molecule is C#CCCOC(=O)N(C)CCNC.Cl. The Kier molecular flexibility index (Phi) is 11.3. The molecule has 0 atom stereocenters. The van der Waals surface area contributed by atoms with Gasteiger partial charge in [-0.3, -0.25) is 0 Å². The highest BCUT2D eigenvalue weighted by atomic mass is 35.5. The number of hydrogen-bond acceptors (Lipinski definition) is 3. The van der Waals surface area contributed by atoms with E-state index in [-0.39, 0.29) is 18.5 Å². The molecule has 14 heavy (non-hydrogen) atoms. The Bertz CT molecular complexity index is 192. The van der Waals surface area contributed by atoms with E-state index in [1.54, 1.807) is 7.05 Å². The summed E-state index contributed by atoms with van der Waals surface area (Å²) in [5.41, 5.74) is 0. The van der Waals surface area contributed by atoms with Crippen LogP contribution in [-0.2, 0) is 4.74 Å². The fraction of sp³-hybridized carbons (Fsp3) is 0.667. The minimum absolute atomic E-state index is 0. The van der Waals surface area contributed by atoms with Crippen LogP contribution in [-0.4, -0.2) is 44.8 Å². The zero-order valence-electron chi connectivity index (χ0n) is 8.58. The summed E-state index contributed by atoms with van der Waals surface area (Å²) in [6.45, 7) is 1.67. The Morgan fingerprint density at radius 1 is 1.64 bits per heavy atom. The van der Waals surface area contributed by atoms with E-state index in [1.807, 2.05) is 7.05 Å². The van der Waals surface area contributed by atoms with E-state index in [2.05, 4.69) is 11.2 Å². The maximum Gasteiger partial charge on any atom is 0.409 e. The predicted octanol–water partition coefficient (Wildman–Crippen LogP) is 0.719. The average molecular weight is 221 g/mol. The third-order valence-electron chi connectivity index (χ3n) is 1.48. The first-order chi connectivity index (χ1) is 6.22. The Morgan fingerprint density at radius 3 is 2.79 bits per heavy atom. The highest BCUT2D eigenvalue weighted by Gasteiger charge is 2.07. The third-order valence-corrected chi connectivity index (χ3v) is 1.48. The van der Waals surface area contributed by atoms with Gasteiger partial charge in [0.1, 0.15) is 6.61 Å². The molecule has 1 amide bonds. The maximum atomic E-state index is 11.1. The number of carbonyl (C=O) groups excluding carboxylic acids is 1. The van der Waals surface area contributed by atoms with Gasteiger partial charge in [0.2, 0.25) is 0 Å². The fourth-order valence-corrected chi connectivity index (χ4v) is 0.678. The Labute approximate surface area is 91.4 Å². The molecule has 0 unspecified atom stereocenters. The summed E-state index contributed by atoms with van der Waals surface area (Å²) in [7, 11) is 3.52. The number of terminal acetylenes is 1. The van der Waals surface area contributed by atoms with Gasteiger partial charge in [-0.15, -0.1) is 24.8 Å². The smallest absolute Gasteiger partial charge is 0.409 e. The molecular formula is C9H17ClN2O2. The molecule has 0 aliphatic heterocycles. The van der Waals surface area contributed by atoms with E-state index < -0.39 is 0 Å². The van der Waals surface area contributed by atoms with Crippen LogP contribution in [0.1, 0.15) is 6.42 Å². The average Bonchev–Trinajstić information content (AvgIpc) is 2.14. The lowest BCUT2D eigenvalue weighted by atomic mass is 10.5. The Hall–Kier alpha value is -0.920. The third kappa shape index (κ3) is 7.71. The standard InChI is InChI=1S/C9H16N2O2.ClH/c1-4-5-8-13-9(12)11(3)7-6-10-2;/h1,10H,5-8H2,2-3H3;1H.